The number of carbonyl (C=O) groups excluding carboxylic acids is 2. The smallest absolute Gasteiger partial charge is 0.228 e. The number of pyridine rings is 2. The first-order chi connectivity index (χ1) is 15.6. The van der Waals surface area contributed by atoms with Crippen LogP contribution in [0.2, 0.25) is 0 Å². The van der Waals surface area contributed by atoms with Gasteiger partial charge in [0.15, 0.2) is 0 Å². The topological polar surface area (TPSA) is 75.2 Å². The monoisotopic (exact) mass is 428 g/mol. The predicted octanol–water partition coefficient (Wildman–Crippen LogP) is 3.28. The maximum Gasteiger partial charge on any atom is 0.228 e. The molecule has 4 rings (SSSR count). The lowest BCUT2D eigenvalue weighted by atomic mass is 9.74. The minimum atomic E-state index is -0.644. The molecule has 1 N–H and O–H groups in total. The summed E-state index contributed by atoms with van der Waals surface area (Å²) >= 11 is 0. The highest BCUT2D eigenvalue weighted by molar-refractivity contribution is 5.85. The molecular formula is C26H28N4O2. The van der Waals surface area contributed by atoms with Crippen LogP contribution in [0.5, 0.6) is 0 Å². The minimum Gasteiger partial charge on any atom is -0.359 e. The number of nitrogens with one attached hydrogen (secondary N) is 1. The first-order valence-corrected chi connectivity index (χ1v) is 11.0. The number of hydrogen-bond donors (Lipinski definition) is 1. The zero-order chi connectivity index (χ0) is 22.4. The lowest BCUT2D eigenvalue weighted by Crippen LogP contribution is -2.54. The predicted molar refractivity (Wildman–Crippen MR) is 124 cm³/mol. The summed E-state index contributed by atoms with van der Waals surface area (Å²) in [5.74, 6) is 0.0298. The van der Waals surface area contributed by atoms with Crippen LogP contribution < -0.4 is 5.32 Å². The van der Waals surface area contributed by atoms with Crippen LogP contribution in [0.15, 0.2) is 73.3 Å². The average Bonchev–Trinajstić information content (AvgIpc) is 2.85. The van der Waals surface area contributed by atoms with E-state index in [-0.39, 0.29) is 11.8 Å². The van der Waals surface area contributed by atoms with Crippen molar-refractivity contribution in [3.8, 4) is 11.1 Å². The van der Waals surface area contributed by atoms with Gasteiger partial charge in [-0.15, -0.1) is 0 Å². The fourth-order valence-corrected chi connectivity index (χ4v) is 4.60. The molecule has 2 amide bonds. The third kappa shape index (κ3) is 4.85. The van der Waals surface area contributed by atoms with E-state index in [0.29, 0.717) is 25.9 Å². The zero-order valence-corrected chi connectivity index (χ0v) is 18.3. The Morgan fingerprint density at radius 2 is 1.81 bits per heavy atom. The fourth-order valence-electron chi connectivity index (χ4n) is 4.60. The van der Waals surface area contributed by atoms with E-state index in [1.807, 2.05) is 35.2 Å². The van der Waals surface area contributed by atoms with Gasteiger partial charge >= 0.3 is 0 Å². The zero-order valence-electron chi connectivity index (χ0n) is 18.3. The maximum absolute atomic E-state index is 13.1. The molecule has 0 aliphatic carbocycles. The van der Waals surface area contributed by atoms with Crippen LogP contribution >= 0.6 is 0 Å². The number of piperidine rings is 1. The highest BCUT2D eigenvalue weighted by Gasteiger charge is 2.43. The van der Waals surface area contributed by atoms with Crippen molar-refractivity contribution < 1.29 is 9.59 Å². The molecular weight excluding hydrogens is 400 g/mol. The Balaban J connectivity index is 1.56. The van der Waals surface area contributed by atoms with Crippen LogP contribution in [0, 0.1) is 5.41 Å². The van der Waals surface area contributed by atoms with Gasteiger partial charge in [-0.05, 0) is 59.7 Å². The molecule has 3 aromatic rings. The Morgan fingerprint density at radius 3 is 2.56 bits per heavy atom. The highest BCUT2D eigenvalue weighted by atomic mass is 16.2. The van der Waals surface area contributed by atoms with E-state index >= 15 is 0 Å². The standard InChI is InChI=1S/C26H28N4O2/c1-27-25(32)26(17-20-5-2-7-23(15-20)22-8-12-28-13-9-22)10-4-14-30(19-26)24(31)16-21-6-3-11-29-18-21/h2-3,5-9,11-13,15,18H,4,10,14,16-17,19H2,1H3,(H,27,32)/t26-/m0/s1. The minimum absolute atomic E-state index is 0.00862. The van der Waals surface area contributed by atoms with Gasteiger partial charge in [0.05, 0.1) is 11.8 Å². The highest BCUT2D eigenvalue weighted by Crippen LogP contribution is 2.35. The first kappa shape index (κ1) is 21.7. The van der Waals surface area contributed by atoms with Crippen LogP contribution in [0.3, 0.4) is 0 Å². The summed E-state index contributed by atoms with van der Waals surface area (Å²) in [4.78, 5) is 36.2. The van der Waals surface area contributed by atoms with Gasteiger partial charge in [0.2, 0.25) is 11.8 Å². The summed E-state index contributed by atoms with van der Waals surface area (Å²) in [5, 5.41) is 2.86. The molecule has 0 spiro atoms. The van der Waals surface area contributed by atoms with Gasteiger partial charge < -0.3 is 10.2 Å². The van der Waals surface area contributed by atoms with Crippen molar-refractivity contribution in [2.75, 3.05) is 20.1 Å². The number of nitrogens with zero attached hydrogens (tertiary/aromatic N) is 3. The molecule has 1 saturated heterocycles. The summed E-state index contributed by atoms with van der Waals surface area (Å²) < 4.78 is 0. The van der Waals surface area contributed by atoms with Crippen LogP contribution in [0.1, 0.15) is 24.0 Å². The molecule has 0 bridgehead atoms. The van der Waals surface area contributed by atoms with Crippen molar-refractivity contribution in [3.05, 3.63) is 84.4 Å². The Kier molecular flexibility index (Phi) is 6.59. The summed E-state index contributed by atoms with van der Waals surface area (Å²) in [6.07, 6.45) is 9.42. The summed E-state index contributed by atoms with van der Waals surface area (Å²) in [6, 6.07) is 16.0. The van der Waals surface area contributed by atoms with E-state index in [4.69, 9.17) is 0 Å². The quantitative estimate of drug-likeness (QED) is 0.654. The summed E-state index contributed by atoms with van der Waals surface area (Å²) in [6.45, 7) is 1.10. The van der Waals surface area contributed by atoms with Crippen LogP contribution in [-0.4, -0.2) is 46.8 Å². The van der Waals surface area contributed by atoms with Gasteiger partial charge in [-0.3, -0.25) is 19.6 Å². The van der Waals surface area contributed by atoms with E-state index in [0.717, 1.165) is 35.1 Å². The third-order valence-electron chi connectivity index (χ3n) is 6.20. The lowest BCUT2D eigenvalue weighted by molar-refractivity contribution is -0.141. The molecule has 32 heavy (non-hydrogen) atoms. The molecule has 1 aliphatic heterocycles. The number of hydrogen-bond acceptors (Lipinski definition) is 4. The van der Waals surface area contributed by atoms with Crippen LogP contribution in [-0.2, 0) is 22.4 Å². The van der Waals surface area contributed by atoms with Gasteiger partial charge in [-0.1, -0.05) is 30.3 Å². The molecule has 2 aromatic heterocycles. The van der Waals surface area contributed by atoms with E-state index in [1.54, 1.807) is 31.8 Å². The average molecular weight is 429 g/mol. The van der Waals surface area contributed by atoms with Crippen LogP contribution in [0.25, 0.3) is 11.1 Å². The Hall–Kier alpha value is -3.54. The first-order valence-electron chi connectivity index (χ1n) is 11.0. The number of aromatic nitrogens is 2. The largest absolute Gasteiger partial charge is 0.359 e. The second-order valence-corrected chi connectivity index (χ2v) is 8.43. The van der Waals surface area contributed by atoms with E-state index in [9.17, 15) is 9.59 Å². The van der Waals surface area contributed by atoms with Gasteiger partial charge in [-0.2, -0.15) is 0 Å². The molecule has 1 fully saturated rings. The molecule has 3 heterocycles. The van der Waals surface area contributed by atoms with Gasteiger partial charge in [0, 0.05) is 44.9 Å². The fraction of sp³-hybridized carbons (Fsp3) is 0.308. The van der Waals surface area contributed by atoms with Gasteiger partial charge in [-0.25, -0.2) is 0 Å². The molecule has 0 saturated carbocycles. The second kappa shape index (κ2) is 9.73. The van der Waals surface area contributed by atoms with E-state index in [2.05, 4.69) is 33.5 Å². The molecule has 6 nitrogen and oxygen atoms in total. The Morgan fingerprint density at radius 1 is 1.00 bits per heavy atom. The SMILES string of the molecule is CNC(=O)[C@]1(Cc2cccc(-c3ccncc3)c2)CCCN(C(=O)Cc2cccnc2)C1. The number of benzene rings is 1. The van der Waals surface area contributed by atoms with Crippen molar-refractivity contribution in [3.63, 3.8) is 0 Å². The lowest BCUT2D eigenvalue weighted by Gasteiger charge is -2.41. The molecule has 1 aromatic carbocycles. The summed E-state index contributed by atoms with van der Waals surface area (Å²) in [5.41, 5.74) is 3.52. The summed E-state index contributed by atoms with van der Waals surface area (Å²) in [7, 11) is 1.67. The molecule has 1 atom stereocenters. The van der Waals surface area contributed by atoms with E-state index in [1.165, 1.54) is 0 Å². The third-order valence-corrected chi connectivity index (χ3v) is 6.20. The number of amides is 2. The number of carbonyl (C=O) groups is 2. The molecule has 6 heteroatoms. The van der Waals surface area contributed by atoms with Crippen molar-refractivity contribution in [2.24, 2.45) is 5.41 Å². The molecule has 0 radical (unpaired) electrons. The Labute approximate surface area is 188 Å². The van der Waals surface area contributed by atoms with Gasteiger partial charge in [0.1, 0.15) is 0 Å². The van der Waals surface area contributed by atoms with Crippen molar-refractivity contribution >= 4 is 11.8 Å². The maximum atomic E-state index is 13.1. The second-order valence-electron chi connectivity index (χ2n) is 8.43. The Bertz CT molecular complexity index is 1070. The van der Waals surface area contributed by atoms with Crippen molar-refractivity contribution in [1.29, 1.82) is 0 Å². The van der Waals surface area contributed by atoms with E-state index < -0.39 is 5.41 Å². The van der Waals surface area contributed by atoms with Gasteiger partial charge in [0.25, 0.3) is 0 Å². The number of rotatable bonds is 6. The normalized spacial score (nSPS) is 18.2. The molecule has 164 valence electrons. The van der Waals surface area contributed by atoms with Crippen molar-refractivity contribution in [2.45, 2.75) is 25.7 Å². The number of likely N-dealkylation sites (tertiary alicyclic amines) is 1. The van der Waals surface area contributed by atoms with Crippen molar-refractivity contribution in [1.82, 2.24) is 20.2 Å². The molecule has 1 aliphatic rings. The molecule has 0 unspecified atom stereocenters. The van der Waals surface area contributed by atoms with Crippen LogP contribution in [0.4, 0.5) is 0 Å².